The van der Waals surface area contributed by atoms with E-state index in [1.165, 1.54) is 6.33 Å². The zero-order valence-corrected chi connectivity index (χ0v) is 12.9. The number of hydrogen-bond acceptors (Lipinski definition) is 6. The number of nitrogen functional groups attached to an aromatic ring is 1. The van der Waals surface area contributed by atoms with Crippen LogP contribution in [-0.2, 0) is 0 Å². The molecule has 2 rings (SSSR count). The third kappa shape index (κ3) is 3.28. The van der Waals surface area contributed by atoms with Crippen LogP contribution in [0.2, 0.25) is 5.02 Å². The predicted octanol–water partition coefficient (Wildman–Crippen LogP) is 3.17. The fourth-order valence-corrected chi connectivity index (χ4v) is 1.94. The van der Waals surface area contributed by atoms with Gasteiger partial charge in [0.2, 0.25) is 5.88 Å². The average molecular weight is 309 g/mol. The van der Waals surface area contributed by atoms with Gasteiger partial charge in [0.05, 0.1) is 19.4 Å². The monoisotopic (exact) mass is 308 g/mol. The second kappa shape index (κ2) is 6.49. The lowest BCUT2D eigenvalue weighted by atomic mass is 10.2. The standard InChI is InChI=1S/C14H17ClN4O2/c1-4-21-14-12(16)13(17-7-18-14)19-10-5-8(2)9(15)6-11(10)20-3/h5-7H,4,16H2,1-3H3,(H,17,18,19). The van der Waals surface area contributed by atoms with E-state index < -0.39 is 0 Å². The van der Waals surface area contributed by atoms with Crippen LogP contribution in [0.4, 0.5) is 17.2 Å². The third-order valence-electron chi connectivity index (χ3n) is 2.86. The van der Waals surface area contributed by atoms with E-state index >= 15 is 0 Å². The van der Waals surface area contributed by atoms with Crippen LogP contribution >= 0.6 is 11.6 Å². The van der Waals surface area contributed by atoms with Crippen molar-refractivity contribution >= 4 is 28.8 Å². The molecule has 0 atom stereocenters. The summed E-state index contributed by atoms with van der Waals surface area (Å²) in [6, 6.07) is 3.60. The molecular weight excluding hydrogens is 292 g/mol. The van der Waals surface area contributed by atoms with Crippen molar-refractivity contribution in [3.05, 3.63) is 29.0 Å². The molecule has 0 aliphatic rings. The zero-order valence-electron chi connectivity index (χ0n) is 12.1. The molecule has 0 unspecified atom stereocenters. The van der Waals surface area contributed by atoms with Crippen molar-refractivity contribution in [3.63, 3.8) is 0 Å². The molecule has 0 bridgehead atoms. The summed E-state index contributed by atoms with van der Waals surface area (Å²) in [7, 11) is 1.57. The average Bonchev–Trinajstić information content (AvgIpc) is 2.47. The Morgan fingerprint density at radius 2 is 2.10 bits per heavy atom. The number of ether oxygens (including phenoxy) is 2. The van der Waals surface area contributed by atoms with Crippen LogP contribution in [-0.4, -0.2) is 23.7 Å². The molecule has 2 aromatic rings. The lowest BCUT2D eigenvalue weighted by Gasteiger charge is -2.14. The lowest BCUT2D eigenvalue weighted by Crippen LogP contribution is -2.05. The van der Waals surface area contributed by atoms with Gasteiger partial charge in [-0.25, -0.2) is 4.98 Å². The second-order valence-corrected chi connectivity index (χ2v) is 4.71. The van der Waals surface area contributed by atoms with Gasteiger partial charge < -0.3 is 20.5 Å². The van der Waals surface area contributed by atoms with Gasteiger partial charge in [0.15, 0.2) is 5.82 Å². The smallest absolute Gasteiger partial charge is 0.242 e. The first-order valence-electron chi connectivity index (χ1n) is 6.41. The summed E-state index contributed by atoms with van der Waals surface area (Å²) in [5.41, 5.74) is 7.97. The maximum absolute atomic E-state index is 6.09. The molecule has 7 heteroatoms. The largest absolute Gasteiger partial charge is 0.495 e. The maximum Gasteiger partial charge on any atom is 0.242 e. The fourth-order valence-electron chi connectivity index (χ4n) is 1.79. The van der Waals surface area contributed by atoms with E-state index in [1.54, 1.807) is 13.2 Å². The van der Waals surface area contributed by atoms with Gasteiger partial charge in [-0.2, -0.15) is 4.98 Å². The van der Waals surface area contributed by atoms with Gasteiger partial charge >= 0.3 is 0 Å². The van der Waals surface area contributed by atoms with Gasteiger partial charge in [0.25, 0.3) is 0 Å². The first kappa shape index (κ1) is 15.2. The Balaban J connectivity index is 2.38. The Labute approximate surface area is 128 Å². The molecule has 1 aromatic heterocycles. The van der Waals surface area contributed by atoms with E-state index in [-0.39, 0.29) is 0 Å². The van der Waals surface area contributed by atoms with Gasteiger partial charge in [-0.1, -0.05) is 11.6 Å². The minimum Gasteiger partial charge on any atom is -0.495 e. The molecule has 0 saturated heterocycles. The summed E-state index contributed by atoms with van der Waals surface area (Å²) >= 11 is 6.09. The number of rotatable bonds is 5. The molecule has 0 fully saturated rings. The molecule has 0 aliphatic carbocycles. The van der Waals surface area contributed by atoms with Crippen LogP contribution in [0.25, 0.3) is 0 Å². The maximum atomic E-state index is 6.09. The number of halogens is 1. The number of benzene rings is 1. The van der Waals surface area contributed by atoms with E-state index in [4.69, 9.17) is 26.8 Å². The van der Waals surface area contributed by atoms with Crippen LogP contribution in [0, 0.1) is 6.92 Å². The minimum atomic E-state index is 0.342. The Hall–Kier alpha value is -2.21. The Bertz CT molecular complexity index is 649. The molecule has 0 aliphatic heterocycles. The highest BCUT2D eigenvalue weighted by Crippen LogP contribution is 2.35. The first-order valence-corrected chi connectivity index (χ1v) is 6.79. The summed E-state index contributed by atoms with van der Waals surface area (Å²) in [5, 5.41) is 3.75. The number of anilines is 3. The summed E-state index contributed by atoms with van der Waals surface area (Å²) in [5.74, 6) is 1.40. The van der Waals surface area contributed by atoms with E-state index in [1.807, 2.05) is 19.9 Å². The molecule has 0 spiro atoms. The number of nitrogens with two attached hydrogens (primary N) is 1. The number of nitrogens with zero attached hydrogens (tertiary/aromatic N) is 2. The normalized spacial score (nSPS) is 10.3. The molecule has 1 aromatic carbocycles. The van der Waals surface area contributed by atoms with Crippen LogP contribution in [0.1, 0.15) is 12.5 Å². The molecule has 0 saturated carbocycles. The molecule has 112 valence electrons. The quantitative estimate of drug-likeness (QED) is 0.883. The van der Waals surface area contributed by atoms with Gasteiger partial charge in [-0.3, -0.25) is 0 Å². The second-order valence-electron chi connectivity index (χ2n) is 4.30. The van der Waals surface area contributed by atoms with Crippen LogP contribution < -0.4 is 20.5 Å². The highest BCUT2D eigenvalue weighted by molar-refractivity contribution is 6.31. The van der Waals surface area contributed by atoms with Gasteiger partial charge in [-0.05, 0) is 25.5 Å². The Morgan fingerprint density at radius 1 is 1.33 bits per heavy atom. The molecular formula is C14H17ClN4O2. The first-order chi connectivity index (χ1) is 10.1. The Morgan fingerprint density at radius 3 is 2.76 bits per heavy atom. The highest BCUT2D eigenvalue weighted by atomic mass is 35.5. The third-order valence-corrected chi connectivity index (χ3v) is 3.27. The number of methoxy groups -OCH3 is 1. The molecule has 6 nitrogen and oxygen atoms in total. The molecule has 3 N–H and O–H groups in total. The van der Waals surface area contributed by atoms with E-state index in [2.05, 4.69) is 15.3 Å². The zero-order chi connectivity index (χ0) is 15.4. The minimum absolute atomic E-state index is 0.342. The molecule has 0 amide bonds. The van der Waals surface area contributed by atoms with Crippen molar-refractivity contribution in [1.29, 1.82) is 0 Å². The van der Waals surface area contributed by atoms with Crippen LogP contribution in [0.5, 0.6) is 11.6 Å². The summed E-state index contributed by atoms with van der Waals surface area (Å²) in [6.45, 7) is 4.24. The van der Waals surface area contributed by atoms with Crippen LogP contribution in [0.3, 0.4) is 0 Å². The van der Waals surface area contributed by atoms with Crippen molar-refractivity contribution in [2.45, 2.75) is 13.8 Å². The summed E-state index contributed by atoms with van der Waals surface area (Å²) in [6.07, 6.45) is 1.39. The van der Waals surface area contributed by atoms with E-state index in [0.717, 1.165) is 5.56 Å². The Kier molecular flexibility index (Phi) is 4.70. The number of aryl methyl sites for hydroxylation is 1. The van der Waals surface area contributed by atoms with Crippen molar-refractivity contribution in [2.24, 2.45) is 0 Å². The summed E-state index contributed by atoms with van der Waals surface area (Å²) < 4.78 is 10.7. The number of aromatic nitrogens is 2. The SMILES string of the molecule is CCOc1ncnc(Nc2cc(C)c(Cl)cc2OC)c1N. The van der Waals surface area contributed by atoms with Crippen molar-refractivity contribution in [3.8, 4) is 11.6 Å². The highest BCUT2D eigenvalue weighted by Gasteiger charge is 2.12. The van der Waals surface area contributed by atoms with Crippen molar-refractivity contribution < 1.29 is 9.47 Å². The number of hydrogen-bond donors (Lipinski definition) is 2. The van der Waals surface area contributed by atoms with Gasteiger partial charge in [0, 0.05) is 11.1 Å². The van der Waals surface area contributed by atoms with Crippen molar-refractivity contribution in [2.75, 3.05) is 24.8 Å². The van der Waals surface area contributed by atoms with Gasteiger partial charge in [0.1, 0.15) is 17.8 Å². The van der Waals surface area contributed by atoms with Gasteiger partial charge in [-0.15, -0.1) is 0 Å². The summed E-state index contributed by atoms with van der Waals surface area (Å²) in [4.78, 5) is 8.12. The van der Waals surface area contributed by atoms with E-state index in [9.17, 15) is 0 Å². The van der Waals surface area contributed by atoms with Crippen LogP contribution in [0.15, 0.2) is 18.5 Å². The van der Waals surface area contributed by atoms with E-state index in [0.29, 0.717) is 40.5 Å². The number of nitrogens with one attached hydrogen (secondary N) is 1. The molecule has 1 heterocycles. The fraction of sp³-hybridized carbons (Fsp3) is 0.286. The van der Waals surface area contributed by atoms with Crippen molar-refractivity contribution in [1.82, 2.24) is 9.97 Å². The topological polar surface area (TPSA) is 82.3 Å². The molecule has 0 radical (unpaired) electrons. The predicted molar refractivity (Wildman–Crippen MR) is 83.6 cm³/mol. The molecule has 21 heavy (non-hydrogen) atoms. The lowest BCUT2D eigenvalue weighted by molar-refractivity contribution is 0.328.